The number of benzene rings is 1. The Morgan fingerprint density at radius 1 is 1.20 bits per heavy atom. The first kappa shape index (κ1) is 15.0. The molecule has 2 rings (SSSR count). The maximum atomic E-state index is 11.8. The van der Waals surface area contributed by atoms with Crippen LogP contribution in [0.4, 0.5) is 5.69 Å². The monoisotopic (exact) mass is 274 g/mol. The van der Waals surface area contributed by atoms with Crippen molar-refractivity contribution in [3.8, 4) is 0 Å². The van der Waals surface area contributed by atoms with Crippen LogP contribution in [0, 0.1) is 13.8 Å². The lowest BCUT2D eigenvalue weighted by Crippen LogP contribution is -2.51. The van der Waals surface area contributed by atoms with Crippen LogP contribution in [0.15, 0.2) is 18.2 Å². The highest BCUT2D eigenvalue weighted by molar-refractivity contribution is 5.83. The Hall–Kier alpha value is -1.35. The average Bonchev–Trinajstić information content (AvgIpc) is 2.48. The van der Waals surface area contributed by atoms with Gasteiger partial charge < -0.3 is 4.90 Å². The Morgan fingerprint density at radius 3 is 2.45 bits per heavy atom. The van der Waals surface area contributed by atoms with E-state index in [9.17, 15) is 4.79 Å². The SMILES string of the molecule is CCC(=O)C(C)N1CCN(c2cccc(C)c2C)CC1. The maximum Gasteiger partial charge on any atom is 0.149 e. The second kappa shape index (κ2) is 6.40. The molecule has 1 aromatic carbocycles. The molecular weight excluding hydrogens is 248 g/mol. The van der Waals surface area contributed by atoms with Crippen molar-refractivity contribution in [2.75, 3.05) is 31.1 Å². The topological polar surface area (TPSA) is 23.6 Å². The smallest absolute Gasteiger partial charge is 0.149 e. The third-order valence-corrected chi connectivity index (χ3v) is 4.59. The maximum absolute atomic E-state index is 11.8. The summed E-state index contributed by atoms with van der Waals surface area (Å²) in [6.07, 6.45) is 0.637. The minimum atomic E-state index is 0.0701. The van der Waals surface area contributed by atoms with Gasteiger partial charge in [0.15, 0.2) is 0 Å². The Labute approximate surface area is 122 Å². The molecule has 0 amide bonds. The first-order valence-corrected chi connectivity index (χ1v) is 7.62. The Balaban J connectivity index is 2.01. The quantitative estimate of drug-likeness (QED) is 0.843. The molecule has 1 aliphatic rings. The molecule has 0 aliphatic carbocycles. The van der Waals surface area contributed by atoms with E-state index in [-0.39, 0.29) is 6.04 Å². The Morgan fingerprint density at radius 2 is 1.85 bits per heavy atom. The van der Waals surface area contributed by atoms with Crippen molar-refractivity contribution < 1.29 is 4.79 Å². The first-order valence-electron chi connectivity index (χ1n) is 7.62. The zero-order valence-electron chi connectivity index (χ0n) is 13.1. The number of hydrogen-bond donors (Lipinski definition) is 0. The number of ketones is 1. The molecule has 3 heteroatoms. The molecule has 0 aromatic heterocycles. The fourth-order valence-electron chi connectivity index (χ4n) is 2.93. The number of hydrogen-bond acceptors (Lipinski definition) is 3. The average molecular weight is 274 g/mol. The largest absolute Gasteiger partial charge is 0.369 e. The number of nitrogens with zero attached hydrogens (tertiary/aromatic N) is 2. The molecule has 1 fully saturated rings. The number of piperazine rings is 1. The van der Waals surface area contributed by atoms with Gasteiger partial charge in [0.25, 0.3) is 0 Å². The minimum Gasteiger partial charge on any atom is -0.369 e. The molecule has 1 aromatic rings. The summed E-state index contributed by atoms with van der Waals surface area (Å²) < 4.78 is 0. The van der Waals surface area contributed by atoms with Gasteiger partial charge in [0.2, 0.25) is 0 Å². The van der Waals surface area contributed by atoms with Crippen LogP contribution in [0.3, 0.4) is 0 Å². The van der Waals surface area contributed by atoms with Gasteiger partial charge in [0, 0.05) is 38.3 Å². The summed E-state index contributed by atoms with van der Waals surface area (Å²) in [6.45, 7) is 12.3. The third-order valence-electron chi connectivity index (χ3n) is 4.59. The standard InChI is InChI=1S/C17H26N2O/c1-5-17(20)15(4)18-9-11-19(12-10-18)16-8-6-7-13(2)14(16)3/h6-8,15H,5,9-12H2,1-4H3. The highest BCUT2D eigenvalue weighted by Crippen LogP contribution is 2.24. The van der Waals surface area contributed by atoms with Crippen LogP contribution >= 0.6 is 0 Å². The van der Waals surface area contributed by atoms with Crippen LogP contribution in [0.2, 0.25) is 0 Å². The van der Waals surface area contributed by atoms with Crippen LogP contribution in [0.25, 0.3) is 0 Å². The van der Waals surface area contributed by atoms with Crippen molar-refractivity contribution in [1.29, 1.82) is 0 Å². The number of carbonyl (C=O) groups is 1. The van der Waals surface area contributed by atoms with E-state index in [1.807, 2.05) is 13.8 Å². The molecule has 0 saturated carbocycles. The summed E-state index contributed by atoms with van der Waals surface area (Å²) >= 11 is 0. The summed E-state index contributed by atoms with van der Waals surface area (Å²) in [7, 11) is 0. The molecule has 1 aliphatic heterocycles. The lowest BCUT2D eigenvalue weighted by molar-refractivity contribution is -0.123. The summed E-state index contributed by atoms with van der Waals surface area (Å²) in [5.41, 5.74) is 4.07. The van der Waals surface area contributed by atoms with E-state index in [4.69, 9.17) is 0 Å². The van der Waals surface area contributed by atoms with Gasteiger partial charge in [0.05, 0.1) is 6.04 Å². The minimum absolute atomic E-state index is 0.0701. The van der Waals surface area contributed by atoms with E-state index in [0.717, 1.165) is 26.2 Å². The zero-order valence-corrected chi connectivity index (χ0v) is 13.1. The van der Waals surface area contributed by atoms with Crippen LogP contribution in [0.5, 0.6) is 0 Å². The Kier molecular flexibility index (Phi) is 4.81. The number of Topliss-reactive ketones (excluding diaryl/α,β-unsaturated/α-hetero) is 1. The molecule has 0 spiro atoms. The van der Waals surface area contributed by atoms with E-state index in [0.29, 0.717) is 12.2 Å². The predicted molar refractivity (Wildman–Crippen MR) is 84.5 cm³/mol. The summed E-state index contributed by atoms with van der Waals surface area (Å²) in [5.74, 6) is 0.352. The van der Waals surface area contributed by atoms with E-state index in [2.05, 4.69) is 41.8 Å². The van der Waals surface area contributed by atoms with Crippen LogP contribution in [0.1, 0.15) is 31.4 Å². The van der Waals surface area contributed by atoms with E-state index in [1.165, 1.54) is 16.8 Å². The van der Waals surface area contributed by atoms with Gasteiger partial charge >= 0.3 is 0 Å². The van der Waals surface area contributed by atoms with Crippen LogP contribution < -0.4 is 4.90 Å². The van der Waals surface area contributed by atoms with Crippen molar-refractivity contribution >= 4 is 11.5 Å². The van der Waals surface area contributed by atoms with Crippen LogP contribution in [-0.2, 0) is 4.79 Å². The molecule has 0 N–H and O–H groups in total. The first-order chi connectivity index (χ1) is 9.54. The molecular formula is C17H26N2O. The normalized spacial score (nSPS) is 18.1. The lowest BCUT2D eigenvalue weighted by atomic mass is 10.1. The number of anilines is 1. The molecule has 110 valence electrons. The molecule has 3 nitrogen and oxygen atoms in total. The summed E-state index contributed by atoms with van der Waals surface area (Å²) in [5, 5.41) is 0. The third kappa shape index (κ3) is 3.04. The van der Waals surface area contributed by atoms with Gasteiger partial charge in [-0.15, -0.1) is 0 Å². The fraction of sp³-hybridized carbons (Fsp3) is 0.588. The number of carbonyl (C=O) groups excluding carboxylic acids is 1. The molecule has 0 bridgehead atoms. The van der Waals surface area contributed by atoms with E-state index < -0.39 is 0 Å². The van der Waals surface area contributed by atoms with E-state index >= 15 is 0 Å². The van der Waals surface area contributed by atoms with Gasteiger partial charge in [0.1, 0.15) is 5.78 Å². The van der Waals surface area contributed by atoms with Gasteiger partial charge in [-0.25, -0.2) is 0 Å². The second-order valence-electron chi connectivity index (χ2n) is 5.74. The molecule has 1 unspecified atom stereocenters. The van der Waals surface area contributed by atoms with Gasteiger partial charge in [-0.05, 0) is 38.0 Å². The second-order valence-corrected chi connectivity index (χ2v) is 5.74. The Bertz CT molecular complexity index is 476. The van der Waals surface area contributed by atoms with Crippen LogP contribution in [-0.4, -0.2) is 42.9 Å². The van der Waals surface area contributed by atoms with Gasteiger partial charge in [-0.2, -0.15) is 0 Å². The highest BCUT2D eigenvalue weighted by atomic mass is 16.1. The van der Waals surface area contributed by atoms with Crippen molar-refractivity contribution in [3.63, 3.8) is 0 Å². The van der Waals surface area contributed by atoms with Crippen molar-refractivity contribution in [2.24, 2.45) is 0 Å². The highest BCUT2D eigenvalue weighted by Gasteiger charge is 2.25. The zero-order chi connectivity index (χ0) is 14.7. The predicted octanol–water partition coefficient (Wildman–Crippen LogP) is 2.79. The van der Waals surface area contributed by atoms with Gasteiger partial charge in [-0.3, -0.25) is 9.69 Å². The molecule has 20 heavy (non-hydrogen) atoms. The fourth-order valence-corrected chi connectivity index (χ4v) is 2.93. The summed E-state index contributed by atoms with van der Waals surface area (Å²) in [4.78, 5) is 16.6. The molecule has 1 saturated heterocycles. The number of rotatable bonds is 4. The van der Waals surface area contributed by atoms with Crippen molar-refractivity contribution in [3.05, 3.63) is 29.3 Å². The molecule has 0 radical (unpaired) electrons. The van der Waals surface area contributed by atoms with Crippen molar-refractivity contribution in [1.82, 2.24) is 4.90 Å². The molecule has 1 heterocycles. The van der Waals surface area contributed by atoms with Crippen molar-refractivity contribution in [2.45, 2.75) is 40.2 Å². The lowest BCUT2D eigenvalue weighted by Gasteiger charge is -2.39. The summed E-state index contributed by atoms with van der Waals surface area (Å²) in [6, 6.07) is 6.57. The number of aryl methyl sites for hydroxylation is 1. The van der Waals surface area contributed by atoms with E-state index in [1.54, 1.807) is 0 Å². The van der Waals surface area contributed by atoms with Gasteiger partial charge in [-0.1, -0.05) is 19.1 Å². The molecule has 1 atom stereocenters.